The lowest BCUT2D eigenvalue weighted by atomic mass is 9.97. The van der Waals surface area contributed by atoms with Crippen LogP contribution in [0.15, 0.2) is 77.9 Å². The van der Waals surface area contributed by atoms with Crippen LogP contribution in [0.3, 0.4) is 0 Å². The largest absolute Gasteiger partial charge is 0.325 e. The molecule has 1 unspecified atom stereocenters. The van der Waals surface area contributed by atoms with Crippen molar-refractivity contribution >= 4 is 22.4 Å². The van der Waals surface area contributed by atoms with E-state index in [0.29, 0.717) is 12.6 Å². The fourth-order valence-corrected chi connectivity index (χ4v) is 5.01. The van der Waals surface area contributed by atoms with E-state index >= 15 is 0 Å². The van der Waals surface area contributed by atoms with E-state index in [1.54, 1.807) is 5.01 Å². The fraction of sp³-hybridized carbons (Fsp3) is 0.333. The van der Waals surface area contributed by atoms with Crippen molar-refractivity contribution < 1.29 is 9.69 Å². The summed E-state index contributed by atoms with van der Waals surface area (Å²) in [6, 6.07) is 25.7. The minimum absolute atomic E-state index is 0.0327. The highest BCUT2D eigenvalue weighted by molar-refractivity contribution is 6.05. The zero-order valence-corrected chi connectivity index (χ0v) is 18.1. The van der Waals surface area contributed by atoms with E-state index in [4.69, 9.17) is 5.10 Å². The molecule has 0 radical (unpaired) electrons. The molecule has 1 fully saturated rings. The molecule has 3 aromatic rings. The first-order valence-corrected chi connectivity index (χ1v) is 11.5. The molecule has 2 aliphatic rings. The van der Waals surface area contributed by atoms with Gasteiger partial charge in [-0.25, -0.2) is 5.01 Å². The fourth-order valence-electron chi connectivity index (χ4n) is 5.01. The Morgan fingerprint density at radius 2 is 1.77 bits per heavy atom. The second-order valence-corrected chi connectivity index (χ2v) is 8.96. The van der Waals surface area contributed by atoms with Gasteiger partial charge in [-0.15, -0.1) is 0 Å². The van der Waals surface area contributed by atoms with Crippen LogP contribution in [0.5, 0.6) is 0 Å². The molecule has 4 nitrogen and oxygen atoms in total. The quantitative estimate of drug-likeness (QED) is 0.692. The number of amides is 1. The van der Waals surface area contributed by atoms with Crippen LogP contribution < -0.4 is 4.90 Å². The lowest BCUT2D eigenvalue weighted by Gasteiger charge is -2.31. The maximum absolute atomic E-state index is 13.4. The summed E-state index contributed by atoms with van der Waals surface area (Å²) in [7, 11) is 0. The molecule has 0 bridgehead atoms. The van der Waals surface area contributed by atoms with Gasteiger partial charge in [-0.3, -0.25) is 4.79 Å². The van der Waals surface area contributed by atoms with Gasteiger partial charge in [0.05, 0.1) is 24.3 Å². The van der Waals surface area contributed by atoms with Gasteiger partial charge in [0, 0.05) is 6.42 Å². The van der Waals surface area contributed by atoms with Crippen molar-refractivity contribution in [2.75, 3.05) is 13.1 Å². The van der Waals surface area contributed by atoms with Crippen LogP contribution in [-0.4, -0.2) is 35.8 Å². The average Bonchev–Trinajstić information content (AvgIpc) is 3.27. The number of nitrogens with zero attached hydrogens (tertiary/aromatic N) is 2. The summed E-state index contributed by atoms with van der Waals surface area (Å²) in [6.07, 6.45) is 4.44. The number of benzene rings is 3. The lowest BCUT2D eigenvalue weighted by Crippen LogP contribution is -3.17. The second kappa shape index (κ2) is 8.64. The van der Waals surface area contributed by atoms with Crippen LogP contribution in [-0.2, 0) is 4.79 Å². The summed E-state index contributed by atoms with van der Waals surface area (Å²) in [5.41, 5.74) is 3.25. The zero-order valence-electron chi connectivity index (χ0n) is 18.1. The number of likely N-dealkylation sites (tertiary alicyclic amines) is 1. The Bertz CT molecular complexity index is 1110. The number of piperidine rings is 1. The number of hydrazone groups is 1. The van der Waals surface area contributed by atoms with Gasteiger partial charge >= 0.3 is 0 Å². The standard InChI is InChI=1S/C27H29N3O/c1-20-9-7-8-16-29(20)19-27(31)30-26(22-11-3-2-4-12-22)18-25(28-30)24-15-14-21-10-5-6-13-23(21)17-24/h2-6,10-15,17,20,26H,7-9,16,18-19H2,1H3/p+1/t20-,26-/m1/s1. The lowest BCUT2D eigenvalue weighted by molar-refractivity contribution is -0.921. The third-order valence-electron chi connectivity index (χ3n) is 6.89. The van der Waals surface area contributed by atoms with Crippen molar-refractivity contribution in [2.45, 2.75) is 44.7 Å². The van der Waals surface area contributed by atoms with Crippen molar-refractivity contribution in [3.8, 4) is 0 Å². The number of rotatable bonds is 4. The molecule has 31 heavy (non-hydrogen) atoms. The number of quaternary nitrogens is 1. The van der Waals surface area contributed by atoms with Crippen LogP contribution in [0.2, 0.25) is 0 Å². The highest BCUT2D eigenvalue weighted by Crippen LogP contribution is 2.33. The Balaban J connectivity index is 1.45. The Morgan fingerprint density at radius 1 is 1.00 bits per heavy atom. The first kappa shape index (κ1) is 20.0. The van der Waals surface area contributed by atoms with Crippen LogP contribution >= 0.6 is 0 Å². The van der Waals surface area contributed by atoms with Gasteiger partial charge in [0.2, 0.25) is 0 Å². The highest BCUT2D eigenvalue weighted by atomic mass is 16.2. The van der Waals surface area contributed by atoms with E-state index in [1.165, 1.54) is 34.9 Å². The van der Waals surface area contributed by atoms with Crippen molar-refractivity contribution in [2.24, 2.45) is 5.10 Å². The minimum Gasteiger partial charge on any atom is -0.325 e. The molecule has 4 heteroatoms. The summed E-state index contributed by atoms with van der Waals surface area (Å²) >= 11 is 0. The van der Waals surface area contributed by atoms with Crippen molar-refractivity contribution in [1.82, 2.24) is 5.01 Å². The van der Waals surface area contributed by atoms with Crippen molar-refractivity contribution in [3.63, 3.8) is 0 Å². The number of fused-ring (bicyclic) bond motifs is 1. The molecule has 1 N–H and O–H groups in total. The Hall–Kier alpha value is -2.98. The Kier molecular flexibility index (Phi) is 5.56. The summed E-state index contributed by atoms with van der Waals surface area (Å²) in [4.78, 5) is 14.8. The third kappa shape index (κ3) is 4.13. The maximum atomic E-state index is 13.4. The average molecular weight is 413 g/mol. The smallest absolute Gasteiger partial charge is 0.298 e. The molecule has 0 spiro atoms. The van der Waals surface area contributed by atoms with Crippen molar-refractivity contribution in [3.05, 3.63) is 83.9 Å². The van der Waals surface area contributed by atoms with Crippen LogP contribution in [0.1, 0.15) is 49.8 Å². The number of hydrogen-bond donors (Lipinski definition) is 1. The van der Waals surface area contributed by atoms with Gasteiger partial charge < -0.3 is 4.90 Å². The Labute approximate surface area is 184 Å². The maximum Gasteiger partial charge on any atom is 0.298 e. The molecule has 3 aromatic carbocycles. The minimum atomic E-state index is -0.0327. The predicted octanol–water partition coefficient (Wildman–Crippen LogP) is 3.97. The predicted molar refractivity (Wildman–Crippen MR) is 125 cm³/mol. The number of carbonyl (C=O) groups excluding carboxylic acids is 1. The first-order valence-electron chi connectivity index (χ1n) is 11.5. The van der Waals surface area contributed by atoms with E-state index in [9.17, 15) is 4.79 Å². The molecule has 2 aliphatic heterocycles. The molecular weight excluding hydrogens is 382 g/mol. The molecule has 1 saturated heterocycles. The number of carbonyl (C=O) groups is 1. The van der Waals surface area contributed by atoms with Gasteiger partial charge in [-0.05, 0) is 54.2 Å². The monoisotopic (exact) mass is 412 g/mol. The van der Waals surface area contributed by atoms with E-state index in [-0.39, 0.29) is 11.9 Å². The molecule has 5 rings (SSSR count). The topological polar surface area (TPSA) is 37.1 Å². The number of nitrogens with one attached hydrogen (secondary N) is 1. The molecule has 158 valence electrons. The summed E-state index contributed by atoms with van der Waals surface area (Å²) in [5.74, 6) is 0.133. The normalized spacial score (nSPS) is 23.7. The molecule has 0 aliphatic carbocycles. The SMILES string of the molecule is C[C@@H]1CCCC[NH+]1CC(=O)N1N=C(c2ccc3ccccc3c2)C[C@@H]1c1ccccc1. The van der Waals surface area contributed by atoms with Gasteiger partial charge in [0.25, 0.3) is 5.91 Å². The van der Waals surface area contributed by atoms with Crippen LogP contribution in [0.4, 0.5) is 0 Å². The third-order valence-corrected chi connectivity index (χ3v) is 6.89. The summed E-state index contributed by atoms with van der Waals surface area (Å²) in [5, 5.41) is 9.10. The highest BCUT2D eigenvalue weighted by Gasteiger charge is 2.35. The number of hydrogen-bond acceptors (Lipinski definition) is 2. The molecular formula is C27H30N3O+. The van der Waals surface area contributed by atoms with Crippen molar-refractivity contribution in [1.29, 1.82) is 0 Å². The molecule has 2 heterocycles. The van der Waals surface area contributed by atoms with Crippen LogP contribution in [0, 0.1) is 0 Å². The van der Waals surface area contributed by atoms with E-state index in [2.05, 4.69) is 61.5 Å². The Morgan fingerprint density at radius 3 is 2.58 bits per heavy atom. The molecule has 0 aromatic heterocycles. The first-order chi connectivity index (χ1) is 15.2. The summed E-state index contributed by atoms with van der Waals surface area (Å²) in [6.45, 7) is 3.88. The van der Waals surface area contributed by atoms with Gasteiger partial charge in [-0.1, -0.05) is 66.7 Å². The van der Waals surface area contributed by atoms with Crippen LogP contribution in [0.25, 0.3) is 10.8 Å². The molecule has 3 atom stereocenters. The zero-order chi connectivity index (χ0) is 21.2. The van der Waals surface area contributed by atoms with Gasteiger partial charge in [0.15, 0.2) is 6.54 Å². The summed E-state index contributed by atoms with van der Waals surface area (Å²) < 4.78 is 0. The second-order valence-electron chi connectivity index (χ2n) is 8.96. The molecule has 0 saturated carbocycles. The van der Waals surface area contributed by atoms with E-state index in [1.807, 2.05) is 18.2 Å². The molecule has 1 amide bonds. The van der Waals surface area contributed by atoms with E-state index in [0.717, 1.165) is 29.8 Å². The van der Waals surface area contributed by atoms with Gasteiger partial charge in [-0.2, -0.15) is 5.10 Å². The van der Waals surface area contributed by atoms with E-state index < -0.39 is 0 Å². The van der Waals surface area contributed by atoms with Gasteiger partial charge in [0.1, 0.15) is 0 Å².